The minimum atomic E-state index is -0.155. The minimum absolute atomic E-state index is 0.155. The molecule has 1 aromatic heterocycles. The van der Waals surface area contributed by atoms with Crippen molar-refractivity contribution in [1.29, 1.82) is 0 Å². The van der Waals surface area contributed by atoms with Crippen molar-refractivity contribution in [1.82, 2.24) is 10.2 Å². The third-order valence-corrected chi connectivity index (χ3v) is 2.30. The third kappa shape index (κ3) is 2.08. The van der Waals surface area contributed by atoms with E-state index in [9.17, 15) is 0 Å². The maximum Gasteiger partial charge on any atom is 0.151 e. The van der Waals surface area contributed by atoms with Gasteiger partial charge in [0.25, 0.3) is 0 Å². The summed E-state index contributed by atoms with van der Waals surface area (Å²) in [5, 5.41) is 20.1. The van der Waals surface area contributed by atoms with E-state index in [0.29, 0.717) is 17.0 Å². The van der Waals surface area contributed by atoms with Crippen LogP contribution in [0, 0.1) is 0 Å². The molecule has 2 rings (SSSR count). The molecular weight excluding hydrogens is 190 g/mol. The van der Waals surface area contributed by atoms with Crippen LogP contribution in [0.4, 0.5) is 5.82 Å². The molecule has 70 valence electrons. The first-order chi connectivity index (χ1) is 6.24. The summed E-state index contributed by atoms with van der Waals surface area (Å²) in [6.07, 6.45) is 1.41. The Balaban J connectivity index is 1.91. The molecule has 0 aliphatic heterocycles. The Kier molecular flexibility index (Phi) is 2.33. The average molecular weight is 200 g/mol. The van der Waals surface area contributed by atoms with E-state index in [1.54, 1.807) is 12.1 Å². The van der Waals surface area contributed by atoms with Crippen LogP contribution in [-0.2, 0) is 0 Å². The summed E-state index contributed by atoms with van der Waals surface area (Å²) in [4.78, 5) is 0. The molecule has 5 heteroatoms. The second-order valence-corrected chi connectivity index (χ2v) is 3.60. The standard InChI is InChI=1S/C8H10ClN3O/c9-7-1-2-8(12-11-7)10-5-3-6(13)4-5/h1-2,5-6,13H,3-4H2,(H,10,12)/t5-,6-. The van der Waals surface area contributed by atoms with Gasteiger partial charge in [0, 0.05) is 6.04 Å². The Bertz CT molecular complexity index is 284. The molecule has 2 N–H and O–H groups in total. The van der Waals surface area contributed by atoms with Gasteiger partial charge in [-0.3, -0.25) is 0 Å². The van der Waals surface area contributed by atoms with Gasteiger partial charge in [0.15, 0.2) is 5.15 Å². The van der Waals surface area contributed by atoms with E-state index in [2.05, 4.69) is 15.5 Å². The number of nitrogens with one attached hydrogen (secondary N) is 1. The van der Waals surface area contributed by atoms with Gasteiger partial charge in [-0.2, -0.15) is 0 Å². The molecule has 1 heterocycles. The number of anilines is 1. The van der Waals surface area contributed by atoms with E-state index in [1.807, 2.05) is 0 Å². The first kappa shape index (κ1) is 8.72. The lowest BCUT2D eigenvalue weighted by Gasteiger charge is -2.32. The van der Waals surface area contributed by atoms with E-state index in [0.717, 1.165) is 12.8 Å². The second kappa shape index (κ2) is 3.47. The van der Waals surface area contributed by atoms with Gasteiger partial charge in [-0.15, -0.1) is 10.2 Å². The summed E-state index contributed by atoms with van der Waals surface area (Å²) in [5.41, 5.74) is 0. The first-order valence-electron chi connectivity index (χ1n) is 4.18. The van der Waals surface area contributed by atoms with Gasteiger partial charge in [-0.25, -0.2) is 0 Å². The molecule has 1 aliphatic carbocycles. The van der Waals surface area contributed by atoms with Crippen LogP contribution >= 0.6 is 11.6 Å². The maximum atomic E-state index is 9.04. The molecule has 0 atom stereocenters. The van der Waals surface area contributed by atoms with Gasteiger partial charge < -0.3 is 10.4 Å². The molecular formula is C8H10ClN3O. The molecule has 0 amide bonds. The van der Waals surface area contributed by atoms with Crippen LogP contribution in [0.15, 0.2) is 12.1 Å². The zero-order chi connectivity index (χ0) is 9.26. The number of hydrogen-bond acceptors (Lipinski definition) is 4. The summed E-state index contributed by atoms with van der Waals surface area (Å²) in [6, 6.07) is 3.79. The zero-order valence-corrected chi connectivity index (χ0v) is 7.70. The molecule has 1 aromatic rings. The molecule has 13 heavy (non-hydrogen) atoms. The Hall–Kier alpha value is -0.870. The highest BCUT2D eigenvalue weighted by Crippen LogP contribution is 2.22. The van der Waals surface area contributed by atoms with Crippen LogP contribution in [0.1, 0.15) is 12.8 Å². The summed E-state index contributed by atoms with van der Waals surface area (Å²) in [7, 11) is 0. The maximum absolute atomic E-state index is 9.04. The molecule has 4 nitrogen and oxygen atoms in total. The van der Waals surface area contributed by atoms with Gasteiger partial charge in [-0.1, -0.05) is 11.6 Å². The molecule has 1 aliphatic rings. The van der Waals surface area contributed by atoms with E-state index in [1.165, 1.54) is 0 Å². The molecule has 0 spiro atoms. The monoisotopic (exact) mass is 199 g/mol. The predicted molar refractivity (Wildman–Crippen MR) is 49.7 cm³/mol. The minimum Gasteiger partial charge on any atom is -0.393 e. The quantitative estimate of drug-likeness (QED) is 0.748. The molecule has 1 saturated carbocycles. The van der Waals surface area contributed by atoms with Gasteiger partial charge in [-0.05, 0) is 25.0 Å². The zero-order valence-electron chi connectivity index (χ0n) is 6.94. The molecule has 0 bridgehead atoms. The van der Waals surface area contributed by atoms with Gasteiger partial charge in [0.05, 0.1) is 6.10 Å². The predicted octanol–water partition coefficient (Wildman–Crippen LogP) is 1.07. The SMILES string of the molecule is O[C@H]1C[C@H](Nc2ccc(Cl)nn2)C1. The van der Waals surface area contributed by atoms with Crippen LogP contribution in [0.25, 0.3) is 0 Å². The lowest BCUT2D eigenvalue weighted by atomic mass is 9.89. The lowest BCUT2D eigenvalue weighted by Crippen LogP contribution is -2.39. The Morgan fingerprint density at radius 1 is 1.38 bits per heavy atom. The van der Waals surface area contributed by atoms with Crippen molar-refractivity contribution in [3.63, 3.8) is 0 Å². The number of halogens is 1. The summed E-state index contributed by atoms with van der Waals surface area (Å²) < 4.78 is 0. The highest BCUT2D eigenvalue weighted by molar-refractivity contribution is 6.29. The topological polar surface area (TPSA) is 58.0 Å². The van der Waals surface area contributed by atoms with Crippen LogP contribution in [0.5, 0.6) is 0 Å². The fourth-order valence-corrected chi connectivity index (χ4v) is 1.41. The molecule has 0 unspecified atom stereocenters. The lowest BCUT2D eigenvalue weighted by molar-refractivity contribution is 0.0835. The molecule has 0 aromatic carbocycles. The summed E-state index contributed by atoms with van der Waals surface area (Å²) in [5.74, 6) is 0.710. The van der Waals surface area contributed by atoms with E-state index in [-0.39, 0.29) is 6.10 Å². The smallest absolute Gasteiger partial charge is 0.151 e. The largest absolute Gasteiger partial charge is 0.393 e. The van der Waals surface area contributed by atoms with Gasteiger partial charge >= 0.3 is 0 Å². The fourth-order valence-electron chi connectivity index (χ4n) is 1.31. The van der Waals surface area contributed by atoms with Crippen molar-refractivity contribution in [2.45, 2.75) is 25.0 Å². The van der Waals surface area contributed by atoms with Crippen molar-refractivity contribution in [3.05, 3.63) is 17.3 Å². The van der Waals surface area contributed by atoms with Crippen LogP contribution in [0.2, 0.25) is 5.15 Å². The van der Waals surface area contributed by atoms with Crippen molar-refractivity contribution >= 4 is 17.4 Å². The number of aromatic nitrogens is 2. The Morgan fingerprint density at radius 2 is 2.15 bits per heavy atom. The highest BCUT2D eigenvalue weighted by atomic mass is 35.5. The number of aliphatic hydroxyl groups is 1. The van der Waals surface area contributed by atoms with E-state index < -0.39 is 0 Å². The summed E-state index contributed by atoms with van der Waals surface area (Å²) in [6.45, 7) is 0. The molecule has 1 fully saturated rings. The van der Waals surface area contributed by atoms with Crippen LogP contribution in [-0.4, -0.2) is 27.4 Å². The van der Waals surface area contributed by atoms with E-state index in [4.69, 9.17) is 16.7 Å². The number of nitrogens with zero attached hydrogens (tertiary/aromatic N) is 2. The Morgan fingerprint density at radius 3 is 2.69 bits per heavy atom. The molecule has 0 radical (unpaired) electrons. The molecule has 0 saturated heterocycles. The van der Waals surface area contributed by atoms with Crippen molar-refractivity contribution in [2.75, 3.05) is 5.32 Å². The fraction of sp³-hybridized carbons (Fsp3) is 0.500. The second-order valence-electron chi connectivity index (χ2n) is 3.21. The van der Waals surface area contributed by atoms with Gasteiger partial charge in [0.1, 0.15) is 5.82 Å². The third-order valence-electron chi connectivity index (χ3n) is 2.10. The first-order valence-corrected chi connectivity index (χ1v) is 4.55. The van der Waals surface area contributed by atoms with Crippen LogP contribution < -0.4 is 5.32 Å². The number of rotatable bonds is 2. The van der Waals surface area contributed by atoms with Crippen molar-refractivity contribution < 1.29 is 5.11 Å². The number of aliphatic hydroxyl groups excluding tert-OH is 1. The van der Waals surface area contributed by atoms with Crippen LogP contribution in [0.3, 0.4) is 0 Å². The highest BCUT2D eigenvalue weighted by Gasteiger charge is 2.27. The Labute approximate surface area is 80.9 Å². The van der Waals surface area contributed by atoms with Gasteiger partial charge in [0.2, 0.25) is 0 Å². The van der Waals surface area contributed by atoms with Crippen molar-refractivity contribution in [2.24, 2.45) is 0 Å². The normalized spacial score (nSPS) is 26.6. The summed E-state index contributed by atoms with van der Waals surface area (Å²) >= 11 is 5.58. The average Bonchev–Trinajstić information content (AvgIpc) is 2.06. The van der Waals surface area contributed by atoms with Crippen molar-refractivity contribution in [3.8, 4) is 0 Å². The number of hydrogen-bond donors (Lipinski definition) is 2. The van der Waals surface area contributed by atoms with E-state index >= 15 is 0 Å².